The van der Waals surface area contributed by atoms with Gasteiger partial charge in [-0.2, -0.15) is 0 Å². The van der Waals surface area contributed by atoms with Crippen molar-refractivity contribution in [1.82, 2.24) is 10.3 Å². The molecule has 0 aliphatic rings. The molecule has 0 N–H and O–H groups in total. The Labute approximate surface area is 244 Å². The maximum atomic E-state index is 6.70. The topological polar surface area (TPSA) is 57.4 Å². The van der Waals surface area contributed by atoms with Crippen molar-refractivity contribution in [2.24, 2.45) is 0 Å². The molecule has 0 atom stereocenters. The quantitative estimate of drug-likeness (QED) is 0.117. The third kappa shape index (κ3) is 5.46. The third-order valence-corrected chi connectivity index (χ3v) is 11.1. The Kier molecular flexibility index (Phi) is 8.49. The first-order valence-electron chi connectivity index (χ1n) is 13.8. The van der Waals surface area contributed by atoms with Gasteiger partial charge in [0, 0.05) is 28.6 Å². The average Bonchev–Trinajstić information content (AvgIpc) is 3.74. The SMILES string of the molecule is CCCCCCOc1c(OCCCCCC)c(-c2cc3sccc3s2)c2nonc2c1-c1cc2sccc2s1. The van der Waals surface area contributed by atoms with E-state index in [1.165, 1.54) is 44.5 Å². The lowest BCUT2D eigenvalue weighted by atomic mass is 10.0. The van der Waals surface area contributed by atoms with Gasteiger partial charge in [-0.25, -0.2) is 4.63 Å². The first kappa shape index (κ1) is 26.7. The molecule has 0 saturated carbocycles. The van der Waals surface area contributed by atoms with E-state index in [0.29, 0.717) is 13.2 Å². The van der Waals surface area contributed by atoms with E-state index in [2.05, 4.69) is 59.2 Å². The Morgan fingerprint density at radius 1 is 0.641 bits per heavy atom. The van der Waals surface area contributed by atoms with Gasteiger partial charge in [0.2, 0.25) is 0 Å². The van der Waals surface area contributed by atoms with Crippen molar-refractivity contribution < 1.29 is 14.1 Å². The number of fused-ring (bicyclic) bond motifs is 3. The van der Waals surface area contributed by atoms with Crippen LogP contribution in [-0.2, 0) is 0 Å². The van der Waals surface area contributed by atoms with E-state index in [1.54, 1.807) is 45.3 Å². The highest BCUT2D eigenvalue weighted by atomic mass is 32.1. The molecule has 204 valence electrons. The minimum atomic E-state index is 0.634. The molecule has 0 aliphatic carbocycles. The number of ether oxygens (including phenoxy) is 2. The Bertz CT molecular complexity index is 1490. The standard InChI is InChI=1S/C30H32N2O3S4/c1-3-5-7-9-13-33-29-25(23-17-21-19(38-23)11-15-36-21)27-28(32-35-31-27)26(30(29)34-14-10-8-6-4-2)24-18-22-20(39-24)12-16-37-22/h11-12,15-18H,3-10,13-14H2,1-2H3. The summed E-state index contributed by atoms with van der Waals surface area (Å²) in [6.07, 6.45) is 9.11. The van der Waals surface area contributed by atoms with Crippen molar-refractivity contribution in [2.45, 2.75) is 65.2 Å². The monoisotopic (exact) mass is 596 g/mol. The van der Waals surface area contributed by atoms with Crippen LogP contribution in [-0.4, -0.2) is 23.5 Å². The molecular weight excluding hydrogens is 565 g/mol. The van der Waals surface area contributed by atoms with E-state index >= 15 is 0 Å². The van der Waals surface area contributed by atoms with Gasteiger partial charge in [0.25, 0.3) is 0 Å². The zero-order chi connectivity index (χ0) is 26.6. The smallest absolute Gasteiger partial charge is 0.172 e. The molecular formula is C30H32N2O3S4. The number of rotatable bonds is 14. The van der Waals surface area contributed by atoms with E-state index in [9.17, 15) is 0 Å². The van der Waals surface area contributed by atoms with Crippen LogP contribution in [0, 0.1) is 0 Å². The van der Waals surface area contributed by atoms with Crippen LogP contribution >= 0.6 is 45.3 Å². The van der Waals surface area contributed by atoms with Crippen LogP contribution in [0.3, 0.4) is 0 Å². The molecule has 6 aromatic rings. The second-order valence-corrected chi connectivity index (χ2v) is 13.8. The first-order chi connectivity index (χ1) is 19.3. The summed E-state index contributed by atoms with van der Waals surface area (Å²) in [5, 5.41) is 13.2. The minimum Gasteiger partial charge on any atom is -0.489 e. The molecule has 1 aromatic carbocycles. The van der Waals surface area contributed by atoms with Gasteiger partial charge in [-0.1, -0.05) is 52.4 Å². The summed E-state index contributed by atoms with van der Waals surface area (Å²) in [7, 11) is 0. The van der Waals surface area contributed by atoms with Gasteiger partial charge in [0.05, 0.1) is 24.3 Å². The molecule has 0 saturated heterocycles. The van der Waals surface area contributed by atoms with Crippen LogP contribution in [0.4, 0.5) is 0 Å². The highest BCUT2D eigenvalue weighted by Gasteiger charge is 2.30. The number of thiophene rings is 4. The summed E-state index contributed by atoms with van der Waals surface area (Å²) >= 11 is 7.02. The Hall–Kier alpha value is -2.46. The van der Waals surface area contributed by atoms with E-state index < -0.39 is 0 Å². The molecule has 5 aromatic heterocycles. The Morgan fingerprint density at radius 2 is 1.13 bits per heavy atom. The second-order valence-electron chi connectivity index (χ2n) is 9.71. The lowest BCUT2D eigenvalue weighted by Gasteiger charge is -2.19. The number of hydrogen-bond donors (Lipinski definition) is 0. The minimum absolute atomic E-state index is 0.634. The molecule has 0 fully saturated rings. The van der Waals surface area contributed by atoms with Crippen molar-refractivity contribution in [3.05, 3.63) is 35.0 Å². The molecule has 5 nitrogen and oxygen atoms in total. The van der Waals surface area contributed by atoms with Crippen LogP contribution in [0.25, 0.3) is 50.7 Å². The predicted molar refractivity (Wildman–Crippen MR) is 168 cm³/mol. The molecule has 0 amide bonds. The zero-order valence-electron chi connectivity index (χ0n) is 22.3. The summed E-state index contributed by atoms with van der Waals surface area (Å²) in [4.78, 5) is 2.21. The van der Waals surface area contributed by atoms with Crippen molar-refractivity contribution >= 4 is 75.2 Å². The number of benzene rings is 1. The fourth-order valence-electron chi connectivity index (χ4n) is 4.88. The summed E-state index contributed by atoms with van der Waals surface area (Å²) in [6, 6.07) is 8.83. The highest BCUT2D eigenvalue weighted by Crippen LogP contribution is 2.54. The van der Waals surface area contributed by atoms with E-state index in [4.69, 9.17) is 14.1 Å². The van der Waals surface area contributed by atoms with Crippen molar-refractivity contribution in [2.75, 3.05) is 13.2 Å². The number of hydrogen-bond acceptors (Lipinski definition) is 9. The zero-order valence-corrected chi connectivity index (χ0v) is 25.6. The number of unbranched alkanes of at least 4 members (excludes halogenated alkanes) is 6. The third-order valence-electron chi connectivity index (χ3n) is 6.88. The normalized spacial score (nSPS) is 11.8. The van der Waals surface area contributed by atoms with Gasteiger partial charge in [-0.15, -0.1) is 45.3 Å². The van der Waals surface area contributed by atoms with Crippen molar-refractivity contribution in [1.29, 1.82) is 0 Å². The molecule has 0 spiro atoms. The summed E-state index contributed by atoms with van der Waals surface area (Å²) < 4.78 is 23.9. The molecule has 0 bridgehead atoms. The average molecular weight is 597 g/mol. The van der Waals surface area contributed by atoms with Crippen LogP contribution in [0.5, 0.6) is 11.5 Å². The maximum absolute atomic E-state index is 6.70. The van der Waals surface area contributed by atoms with Gasteiger partial charge in [0.1, 0.15) is 11.0 Å². The summed E-state index contributed by atoms with van der Waals surface area (Å²) in [6.45, 7) is 5.73. The molecule has 39 heavy (non-hydrogen) atoms. The Morgan fingerprint density at radius 3 is 1.56 bits per heavy atom. The molecule has 6 rings (SSSR count). The van der Waals surface area contributed by atoms with E-state index in [1.807, 2.05) is 0 Å². The lowest BCUT2D eigenvalue weighted by Crippen LogP contribution is -2.06. The molecule has 0 aliphatic heterocycles. The van der Waals surface area contributed by atoms with E-state index in [-0.39, 0.29) is 0 Å². The van der Waals surface area contributed by atoms with Crippen LogP contribution in [0.2, 0.25) is 0 Å². The van der Waals surface area contributed by atoms with Crippen molar-refractivity contribution in [3.63, 3.8) is 0 Å². The molecule has 9 heteroatoms. The maximum Gasteiger partial charge on any atom is 0.172 e. The number of aromatic nitrogens is 2. The fourth-order valence-corrected chi connectivity index (χ4v) is 9.18. The summed E-state index contributed by atoms with van der Waals surface area (Å²) in [5.74, 6) is 1.54. The lowest BCUT2D eigenvalue weighted by molar-refractivity contribution is 0.261. The van der Waals surface area contributed by atoms with Crippen LogP contribution < -0.4 is 9.47 Å². The molecule has 0 radical (unpaired) electrons. The van der Waals surface area contributed by atoms with Crippen molar-refractivity contribution in [3.8, 4) is 32.4 Å². The number of nitrogens with zero attached hydrogens (tertiary/aromatic N) is 2. The Balaban J connectivity index is 1.52. The largest absolute Gasteiger partial charge is 0.489 e. The van der Waals surface area contributed by atoms with Gasteiger partial charge in [-0.3, -0.25) is 0 Å². The van der Waals surface area contributed by atoms with Gasteiger partial charge >= 0.3 is 0 Å². The molecule has 5 heterocycles. The van der Waals surface area contributed by atoms with Gasteiger partial charge in [-0.05, 0) is 58.2 Å². The van der Waals surface area contributed by atoms with Crippen LogP contribution in [0.15, 0.2) is 39.7 Å². The van der Waals surface area contributed by atoms with Gasteiger partial charge in [0.15, 0.2) is 11.5 Å². The predicted octanol–water partition coefficient (Wildman–Crippen LogP) is 11.0. The van der Waals surface area contributed by atoms with Gasteiger partial charge < -0.3 is 9.47 Å². The van der Waals surface area contributed by atoms with E-state index in [0.717, 1.165) is 69.1 Å². The second kappa shape index (κ2) is 12.4. The summed E-state index contributed by atoms with van der Waals surface area (Å²) in [5.41, 5.74) is 3.33. The highest BCUT2D eigenvalue weighted by molar-refractivity contribution is 7.29. The first-order valence-corrected chi connectivity index (χ1v) is 17.2. The molecule has 0 unspecified atom stereocenters. The van der Waals surface area contributed by atoms with Crippen LogP contribution in [0.1, 0.15) is 65.2 Å². The fraction of sp³-hybridized carbons (Fsp3) is 0.400.